The predicted molar refractivity (Wildman–Crippen MR) is 108 cm³/mol. The number of para-hydroxylation sites is 1. The number of ether oxygens (including phenoxy) is 1. The highest BCUT2D eigenvalue weighted by atomic mass is 32.1. The van der Waals surface area contributed by atoms with Crippen molar-refractivity contribution in [1.82, 2.24) is 9.97 Å². The molecular weight excluding hydrogens is 342 g/mol. The fourth-order valence-corrected chi connectivity index (χ4v) is 3.54. The molecule has 0 spiro atoms. The third-order valence-corrected chi connectivity index (χ3v) is 4.97. The maximum absolute atomic E-state index is 5.24. The molecular formula is C21H19N3OS. The number of nitrogens with zero attached hydrogens (tertiary/aromatic N) is 2. The van der Waals surface area contributed by atoms with Crippen molar-refractivity contribution in [2.45, 2.75) is 6.42 Å². The van der Waals surface area contributed by atoms with E-state index in [9.17, 15) is 0 Å². The summed E-state index contributed by atoms with van der Waals surface area (Å²) >= 11 is 1.73. The zero-order valence-electron chi connectivity index (χ0n) is 14.5. The number of aromatic nitrogens is 2. The van der Waals surface area contributed by atoms with Crippen molar-refractivity contribution in [1.29, 1.82) is 0 Å². The Hall–Kier alpha value is -2.92. The van der Waals surface area contributed by atoms with Crippen molar-refractivity contribution >= 4 is 28.1 Å². The molecule has 130 valence electrons. The van der Waals surface area contributed by atoms with Crippen LogP contribution in [-0.4, -0.2) is 23.6 Å². The Morgan fingerprint density at radius 3 is 2.62 bits per heavy atom. The highest BCUT2D eigenvalue weighted by molar-refractivity contribution is 7.07. The smallest absolute Gasteiger partial charge is 0.162 e. The molecule has 26 heavy (non-hydrogen) atoms. The molecule has 4 nitrogen and oxygen atoms in total. The second kappa shape index (κ2) is 7.54. The van der Waals surface area contributed by atoms with E-state index < -0.39 is 0 Å². The summed E-state index contributed by atoms with van der Waals surface area (Å²) in [5, 5.41) is 8.82. The van der Waals surface area contributed by atoms with Gasteiger partial charge in [-0.15, -0.1) is 0 Å². The number of methoxy groups -OCH3 is 1. The summed E-state index contributed by atoms with van der Waals surface area (Å²) in [6.07, 6.45) is 0.972. The standard InChI is InChI=1S/C21H19N3OS/c1-25-17-8-6-16(7-9-17)20-23-19-5-3-2-4-18(19)21(24-20)22-12-10-15-11-13-26-14-15/h2-9,11,13-14H,10,12H2,1H3,(H,22,23,24). The van der Waals surface area contributed by atoms with Crippen LogP contribution in [0.15, 0.2) is 65.4 Å². The number of hydrogen-bond donors (Lipinski definition) is 1. The van der Waals surface area contributed by atoms with Gasteiger partial charge in [0.25, 0.3) is 0 Å². The first-order valence-electron chi connectivity index (χ1n) is 8.49. The number of benzene rings is 2. The molecule has 1 N–H and O–H groups in total. The fourth-order valence-electron chi connectivity index (χ4n) is 2.84. The highest BCUT2D eigenvalue weighted by Gasteiger charge is 2.09. The van der Waals surface area contributed by atoms with Gasteiger partial charge in [0.05, 0.1) is 12.6 Å². The van der Waals surface area contributed by atoms with E-state index in [1.54, 1.807) is 18.4 Å². The molecule has 4 aromatic rings. The second-order valence-electron chi connectivity index (χ2n) is 5.95. The summed E-state index contributed by atoms with van der Waals surface area (Å²) < 4.78 is 5.24. The zero-order valence-corrected chi connectivity index (χ0v) is 15.3. The van der Waals surface area contributed by atoms with E-state index in [1.807, 2.05) is 42.5 Å². The van der Waals surface area contributed by atoms with Crippen molar-refractivity contribution < 1.29 is 4.74 Å². The topological polar surface area (TPSA) is 47.0 Å². The Morgan fingerprint density at radius 2 is 1.85 bits per heavy atom. The Kier molecular flexibility index (Phi) is 4.80. The fraction of sp³-hybridized carbons (Fsp3) is 0.143. The number of fused-ring (bicyclic) bond motifs is 1. The van der Waals surface area contributed by atoms with Crippen LogP contribution in [0.2, 0.25) is 0 Å². The van der Waals surface area contributed by atoms with Gasteiger partial charge in [0.2, 0.25) is 0 Å². The van der Waals surface area contributed by atoms with Crippen molar-refractivity contribution in [3.8, 4) is 17.1 Å². The van der Waals surface area contributed by atoms with Crippen LogP contribution in [0.4, 0.5) is 5.82 Å². The number of rotatable bonds is 6. The number of nitrogens with one attached hydrogen (secondary N) is 1. The van der Waals surface area contributed by atoms with Crippen LogP contribution in [0, 0.1) is 0 Å². The maximum Gasteiger partial charge on any atom is 0.162 e. The van der Waals surface area contributed by atoms with Crippen LogP contribution < -0.4 is 10.1 Å². The van der Waals surface area contributed by atoms with Gasteiger partial charge in [0.1, 0.15) is 11.6 Å². The molecule has 0 aliphatic rings. The average molecular weight is 361 g/mol. The van der Waals surface area contributed by atoms with E-state index in [0.717, 1.165) is 41.0 Å². The third kappa shape index (κ3) is 3.53. The van der Waals surface area contributed by atoms with Gasteiger partial charge in [0, 0.05) is 17.5 Å². The molecule has 4 rings (SSSR count). The first-order chi connectivity index (χ1) is 12.8. The summed E-state index contributed by atoms with van der Waals surface area (Å²) in [7, 11) is 1.66. The Labute approximate surface area is 156 Å². The SMILES string of the molecule is COc1ccc(-c2nc(NCCc3ccsc3)c3ccccc3n2)cc1. The molecule has 0 bridgehead atoms. The first-order valence-corrected chi connectivity index (χ1v) is 9.44. The van der Waals surface area contributed by atoms with Gasteiger partial charge in [0.15, 0.2) is 5.82 Å². The maximum atomic E-state index is 5.24. The van der Waals surface area contributed by atoms with E-state index in [-0.39, 0.29) is 0 Å². The number of hydrogen-bond acceptors (Lipinski definition) is 5. The predicted octanol–water partition coefficient (Wildman–Crippen LogP) is 5.02. The first kappa shape index (κ1) is 16.5. The third-order valence-electron chi connectivity index (χ3n) is 4.24. The molecule has 5 heteroatoms. The molecule has 0 aliphatic heterocycles. The number of anilines is 1. The van der Waals surface area contributed by atoms with Gasteiger partial charge in [-0.2, -0.15) is 11.3 Å². The molecule has 0 atom stereocenters. The molecule has 2 aromatic carbocycles. The summed E-state index contributed by atoms with van der Waals surface area (Å²) in [5.41, 5.74) is 3.25. The molecule has 0 fully saturated rings. The van der Waals surface area contributed by atoms with E-state index >= 15 is 0 Å². The van der Waals surface area contributed by atoms with E-state index in [2.05, 4.69) is 28.2 Å². The quantitative estimate of drug-likeness (QED) is 0.524. The minimum Gasteiger partial charge on any atom is -0.497 e. The highest BCUT2D eigenvalue weighted by Crippen LogP contribution is 2.26. The summed E-state index contributed by atoms with van der Waals surface area (Å²) in [5.74, 6) is 2.41. The Morgan fingerprint density at radius 1 is 1.00 bits per heavy atom. The lowest BCUT2D eigenvalue weighted by Gasteiger charge is -2.11. The lowest BCUT2D eigenvalue weighted by Crippen LogP contribution is -2.07. The molecule has 0 amide bonds. The zero-order chi connectivity index (χ0) is 17.8. The molecule has 0 saturated carbocycles. The average Bonchev–Trinajstić information content (AvgIpc) is 3.21. The molecule has 0 aliphatic carbocycles. The molecule has 2 heterocycles. The summed E-state index contributed by atoms with van der Waals surface area (Å²) in [6, 6.07) is 18.1. The van der Waals surface area contributed by atoms with Gasteiger partial charge in [-0.25, -0.2) is 9.97 Å². The largest absolute Gasteiger partial charge is 0.497 e. The van der Waals surface area contributed by atoms with Crippen molar-refractivity contribution in [2.24, 2.45) is 0 Å². The van der Waals surface area contributed by atoms with Crippen molar-refractivity contribution in [3.63, 3.8) is 0 Å². The Bertz CT molecular complexity index is 998. The lowest BCUT2D eigenvalue weighted by molar-refractivity contribution is 0.415. The van der Waals surface area contributed by atoms with E-state index in [0.29, 0.717) is 5.82 Å². The molecule has 0 saturated heterocycles. The van der Waals surface area contributed by atoms with Gasteiger partial charge in [-0.3, -0.25) is 0 Å². The van der Waals surface area contributed by atoms with Crippen molar-refractivity contribution in [3.05, 3.63) is 70.9 Å². The van der Waals surface area contributed by atoms with Gasteiger partial charge in [-0.1, -0.05) is 12.1 Å². The van der Waals surface area contributed by atoms with Crippen LogP contribution >= 0.6 is 11.3 Å². The monoisotopic (exact) mass is 361 g/mol. The lowest BCUT2D eigenvalue weighted by atomic mass is 10.1. The molecule has 0 radical (unpaired) electrons. The van der Waals surface area contributed by atoms with Crippen LogP contribution in [0.1, 0.15) is 5.56 Å². The second-order valence-corrected chi connectivity index (χ2v) is 6.73. The number of thiophene rings is 1. The van der Waals surface area contributed by atoms with Crippen LogP contribution in [0.25, 0.3) is 22.3 Å². The van der Waals surface area contributed by atoms with Crippen LogP contribution in [0.5, 0.6) is 5.75 Å². The normalized spacial score (nSPS) is 10.8. The Balaban J connectivity index is 1.65. The molecule has 2 aromatic heterocycles. The van der Waals surface area contributed by atoms with Crippen LogP contribution in [-0.2, 0) is 6.42 Å². The van der Waals surface area contributed by atoms with Gasteiger partial charge < -0.3 is 10.1 Å². The van der Waals surface area contributed by atoms with Gasteiger partial charge >= 0.3 is 0 Å². The minimum absolute atomic E-state index is 0.712. The van der Waals surface area contributed by atoms with Crippen LogP contribution in [0.3, 0.4) is 0 Å². The molecule has 0 unspecified atom stereocenters. The summed E-state index contributed by atoms with van der Waals surface area (Å²) in [6.45, 7) is 0.833. The van der Waals surface area contributed by atoms with Gasteiger partial charge in [-0.05, 0) is 65.2 Å². The van der Waals surface area contributed by atoms with E-state index in [1.165, 1.54) is 5.56 Å². The van der Waals surface area contributed by atoms with Crippen molar-refractivity contribution in [2.75, 3.05) is 19.0 Å². The van der Waals surface area contributed by atoms with E-state index in [4.69, 9.17) is 14.7 Å². The minimum atomic E-state index is 0.712. The summed E-state index contributed by atoms with van der Waals surface area (Å²) in [4.78, 5) is 9.51.